The van der Waals surface area contributed by atoms with Gasteiger partial charge >= 0.3 is 0 Å². The van der Waals surface area contributed by atoms with Crippen molar-refractivity contribution >= 4 is 34.6 Å². The van der Waals surface area contributed by atoms with E-state index >= 15 is 0 Å². The zero-order chi connectivity index (χ0) is 14.7. The summed E-state index contributed by atoms with van der Waals surface area (Å²) < 4.78 is 0. The molecule has 0 amide bonds. The van der Waals surface area contributed by atoms with Crippen molar-refractivity contribution in [3.63, 3.8) is 0 Å². The minimum absolute atomic E-state index is 0.000756. The van der Waals surface area contributed by atoms with Crippen LogP contribution in [-0.4, -0.2) is 10.0 Å². The molecule has 2 aromatic carbocycles. The van der Waals surface area contributed by atoms with Crippen LogP contribution < -0.4 is 5.32 Å². The van der Waals surface area contributed by atoms with Gasteiger partial charge in [0.05, 0.1) is 15.6 Å². The summed E-state index contributed by atoms with van der Waals surface area (Å²) in [4.78, 5) is 10.1. The minimum Gasteiger partial charge on any atom is -0.508 e. The summed E-state index contributed by atoms with van der Waals surface area (Å²) in [5, 5.41) is 23.5. The topological polar surface area (TPSA) is 75.4 Å². The molecule has 0 aliphatic carbocycles. The Morgan fingerprint density at radius 2 is 1.90 bits per heavy atom. The summed E-state index contributed by atoms with van der Waals surface area (Å²) >= 11 is 11.8. The SMILES string of the molecule is O=[N+]([O-])c1cc(Cl)c(NCc2ccccc2O)cc1Cl. The number of phenolic OH excluding ortho intramolecular Hbond substituents is 1. The predicted octanol–water partition coefficient (Wildman–Crippen LogP) is 4.22. The minimum atomic E-state index is -0.596. The van der Waals surface area contributed by atoms with Crippen molar-refractivity contribution in [3.05, 3.63) is 62.1 Å². The lowest BCUT2D eigenvalue weighted by Crippen LogP contribution is -2.01. The summed E-state index contributed by atoms with van der Waals surface area (Å²) in [6.45, 7) is 0.320. The number of aromatic hydroxyl groups is 1. The number of hydrogen-bond acceptors (Lipinski definition) is 4. The third kappa shape index (κ3) is 3.12. The Bertz CT molecular complexity index is 662. The molecule has 0 aromatic heterocycles. The van der Waals surface area contributed by atoms with Crippen molar-refractivity contribution in [1.82, 2.24) is 0 Å². The molecular weight excluding hydrogens is 303 g/mol. The zero-order valence-electron chi connectivity index (χ0n) is 10.1. The fourth-order valence-corrected chi connectivity index (χ4v) is 2.12. The molecule has 0 aliphatic heterocycles. The van der Waals surface area contributed by atoms with E-state index in [1.54, 1.807) is 24.3 Å². The van der Waals surface area contributed by atoms with Crippen molar-refractivity contribution in [3.8, 4) is 5.75 Å². The number of nitro groups is 1. The molecule has 2 rings (SSSR count). The second-order valence-electron chi connectivity index (χ2n) is 4.02. The van der Waals surface area contributed by atoms with E-state index in [4.69, 9.17) is 23.2 Å². The molecule has 2 N–H and O–H groups in total. The van der Waals surface area contributed by atoms with Gasteiger partial charge in [-0.1, -0.05) is 41.4 Å². The molecule has 0 fully saturated rings. The van der Waals surface area contributed by atoms with Gasteiger partial charge in [0.2, 0.25) is 0 Å². The van der Waals surface area contributed by atoms with E-state index in [2.05, 4.69) is 5.32 Å². The monoisotopic (exact) mass is 312 g/mol. The highest BCUT2D eigenvalue weighted by molar-refractivity contribution is 6.36. The third-order valence-electron chi connectivity index (χ3n) is 2.69. The molecule has 0 aliphatic rings. The maximum atomic E-state index is 10.7. The van der Waals surface area contributed by atoms with Gasteiger partial charge in [0, 0.05) is 18.2 Å². The first-order chi connectivity index (χ1) is 9.49. The van der Waals surface area contributed by atoms with Crippen LogP contribution in [0.15, 0.2) is 36.4 Å². The molecule has 0 unspecified atom stereocenters. The Labute approximate surface area is 124 Å². The number of nitrogens with one attached hydrogen (secondary N) is 1. The first-order valence-electron chi connectivity index (χ1n) is 5.63. The van der Waals surface area contributed by atoms with Gasteiger partial charge in [-0.05, 0) is 12.1 Å². The van der Waals surface area contributed by atoms with Crippen molar-refractivity contribution < 1.29 is 10.0 Å². The average molecular weight is 313 g/mol. The molecule has 0 heterocycles. The number of nitrogens with zero attached hydrogens (tertiary/aromatic N) is 1. The molecule has 0 saturated heterocycles. The van der Waals surface area contributed by atoms with E-state index in [9.17, 15) is 15.2 Å². The molecule has 2 aromatic rings. The normalized spacial score (nSPS) is 10.3. The van der Waals surface area contributed by atoms with Crippen LogP contribution in [0.1, 0.15) is 5.56 Å². The quantitative estimate of drug-likeness (QED) is 0.654. The maximum Gasteiger partial charge on any atom is 0.289 e. The fourth-order valence-electron chi connectivity index (χ4n) is 1.66. The van der Waals surface area contributed by atoms with Crippen LogP contribution in [0, 0.1) is 10.1 Å². The molecular formula is C13H10Cl2N2O3. The van der Waals surface area contributed by atoms with Gasteiger partial charge in [-0.25, -0.2) is 0 Å². The van der Waals surface area contributed by atoms with Crippen molar-refractivity contribution in [1.29, 1.82) is 0 Å². The highest BCUT2D eigenvalue weighted by Gasteiger charge is 2.16. The van der Waals surface area contributed by atoms with E-state index < -0.39 is 4.92 Å². The molecule has 5 nitrogen and oxygen atoms in total. The lowest BCUT2D eigenvalue weighted by Gasteiger charge is -2.10. The Hall–Kier alpha value is -1.98. The highest BCUT2D eigenvalue weighted by Crippen LogP contribution is 2.34. The lowest BCUT2D eigenvalue weighted by atomic mass is 10.2. The van der Waals surface area contributed by atoms with Gasteiger partial charge in [-0.3, -0.25) is 10.1 Å². The van der Waals surface area contributed by atoms with Crippen molar-refractivity contribution in [2.45, 2.75) is 6.54 Å². The van der Waals surface area contributed by atoms with Gasteiger partial charge in [-0.2, -0.15) is 0 Å². The van der Waals surface area contributed by atoms with Crippen LogP contribution in [0.5, 0.6) is 5.75 Å². The van der Waals surface area contributed by atoms with Crippen LogP contribution in [-0.2, 0) is 6.54 Å². The van der Waals surface area contributed by atoms with E-state index in [1.165, 1.54) is 12.1 Å². The van der Waals surface area contributed by atoms with E-state index in [-0.39, 0.29) is 21.5 Å². The first-order valence-corrected chi connectivity index (χ1v) is 6.39. The number of rotatable bonds is 4. The molecule has 0 bridgehead atoms. The zero-order valence-corrected chi connectivity index (χ0v) is 11.6. The van der Waals surface area contributed by atoms with E-state index in [1.807, 2.05) is 0 Å². The molecule has 20 heavy (non-hydrogen) atoms. The number of phenols is 1. The number of benzene rings is 2. The Balaban J connectivity index is 2.21. The summed E-state index contributed by atoms with van der Waals surface area (Å²) in [6.07, 6.45) is 0. The number of nitro benzene ring substituents is 1. The van der Waals surface area contributed by atoms with Crippen LogP contribution in [0.25, 0.3) is 0 Å². The molecule has 104 valence electrons. The number of halogens is 2. The second-order valence-corrected chi connectivity index (χ2v) is 4.84. The van der Waals surface area contributed by atoms with Crippen LogP contribution in [0.4, 0.5) is 11.4 Å². The van der Waals surface area contributed by atoms with Crippen LogP contribution in [0.2, 0.25) is 10.0 Å². The highest BCUT2D eigenvalue weighted by atomic mass is 35.5. The lowest BCUT2D eigenvalue weighted by molar-refractivity contribution is -0.384. The molecule has 0 saturated carbocycles. The number of hydrogen-bond donors (Lipinski definition) is 2. The molecule has 0 atom stereocenters. The van der Waals surface area contributed by atoms with E-state index in [0.29, 0.717) is 17.8 Å². The fraction of sp³-hybridized carbons (Fsp3) is 0.0769. The van der Waals surface area contributed by atoms with Crippen LogP contribution >= 0.6 is 23.2 Å². The van der Waals surface area contributed by atoms with Crippen molar-refractivity contribution in [2.24, 2.45) is 0 Å². The number of anilines is 1. The predicted molar refractivity (Wildman–Crippen MR) is 78.5 cm³/mol. The number of para-hydroxylation sites is 1. The van der Waals surface area contributed by atoms with Gasteiger partial charge in [0.25, 0.3) is 5.69 Å². The van der Waals surface area contributed by atoms with Gasteiger partial charge in [0.15, 0.2) is 0 Å². The van der Waals surface area contributed by atoms with Gasteiger partial charge in [0.1, 0.15) is 10.8 Å². The van der Waals surface area contributed by atoms with Gasteiger partial charge in [-0.15, -0.1) is 0 Å². The standard InChI is InChI=1S/C13H10Cl2N2O3/c14-9-6-12(17(19)20)10(15)5-11(9)16-7-8-3-1-2-4-13(8)18/h1-6,16,18H,7H2. The molecule has 7 heteroatoms. The molecule has 0 spiro atoms. The Kier molecular flexibility index (Phi) is 4.32. The Morgan fingerprint density at radius 3 is 2.55 bits per heavy atom. The third-order valence-corrected chi connectivity index (χ3v) is 3.31. The summed E-state index contributed by atoms with van der Waals surface area (Å²) in [6, 6.07) is 9.42. The van der Waals surface area contributed by atoms with Crippen molar-refractivity contribution in [2.75, 3.05) is 5.32 Å². The maximum absolute atomic E-state index is 10.7. The van der Waals surface area contributed by atoms with Crippen LogP contribution in [0.3, 0.4) is 0 Å². The first kappa shape index (κ1) is 14.4. The Morgan fingerprint density at radius 1 is 1.20 bits per heavy atom. The van der Waals surface area contributed by atoms with E-state index in [0.717, 1.165) is 0 Å². The second kappa shape index (κ2) is 5.98. The average Bonchev–Trinajstić information content (AvgIpc) is 2.40. The summed E-state index contributed by atoms with van der Waals surface area (Å²) in [7, 11) is 0. The summed E-state index contributed by atoms with van der Waals surface area (Å²) in [5.74, 6) is 0.157. The molecule has 0 radical (unpaired) electrons. The largest absolute Gasteiger partial charge is 0.508 e. The summed E-state index contributed by atoms with van der Waals surface area (Å²) in [5.41, 5.74) is 0.897. The smallest absolute Gasteiger partial charge is 0.289 e. The van der Waals surface area contributed by atoms with Gasteiger partial charge < -0.3 is 10.4 Å².